The Labute approximate surface area is 123 Å². The van der Waals surface area contributed by atoms with Crippen molar-refractivity contribution in [3.63, 3.8) is 0 Å². The lowest BCUT2D eigenvalue weighted by Gasteiger charge is -2.10. The second-order valence-corrected chi connectivity index (χ2v) is 3.99. The number of benzene rings is 1. The number of allylic oxidation sites excluding steroid dienone is 3. The molecular weight excluding hydrogens is 303 g/mol. The minimum Gasteiger partial charge on any atom is -0.292 e. The smallest absolute Gasteiger partial charge is 0.292 e. The third-order valence-electron chi connectivity index (χ3n) is 2.39. The molecule has 0 saturated carbocycles. The molecule has 0 fully saturated rings. The lowest BCUT2D eigenvalue weighted by Crippen LogP contribution is -2.28. The third-order valence-corrected chi connectivity index (χ3v) is 2.39. The van der Waals surface area contributed by atoms with Crippen LogP contribution in [0.25, 0.3) is 0 Å². The van der Waals surface area contributed by atoms with Crippen molar-refractivity contribution < 1.29 is 22.9 Å². The summed E-state index contributed by atoms with van der Waals surface area (Å²) in [6.07, 6.45) is 1.14. The van der Waals surface area contributed by atoms with Crippen molar-refractivity contribution in [2.24, 2.45) is 0 Å². The number of amides is 1. The molecule has 0 radical (unpaired) electrons. The van der Waals surface area contributed by atoms with Gasteiger partial charge >= 0.3 is 6.18 Å². The van der Waals surface area contributed by atoms with Gasteiger partial charge in [0.1, 0.15) is 5.69 Å². The van der Waals surface area contributed by atoms with E-state index in [1.807, 2.05) is 0 Å². The number of carbonyl (C=O) groups excluding carboxylic acids is 1. The monoisotopic (exact) mass is 315 g/mol. The second-order valence-electron chi connectivity index (χ2n) is 3.99. The van der Waals surface area contributed by atoms with Crippen LogP contribution in [0.15, 0.2) is 42.5 Å². The molecule has 1 amide bonds. The average molecular weight is 315 g/mol. The van der Waals surface area contributed by atoms with Crippen LogP contribution in [0.2, 0.25) is 0 Å². The van der Waals surface area contributed by atoms with E-state index in [4.69, 9.17) is 0 Å². The Hall–Kier alpha value is -2.84. The molecule has 0 aliphatic rings. The molecule has 0 aromatic heterocycles. The first-order valence-electron chi connectivity index (χ1n) is 5.96. The van der Waals surface area contributed by atoms with Gasteiger partial charge in [0, 0.05) is 12.1 Å². The molecular formula is C13H12F3N3O3. The maximum Gasteiger partial charge on any atom is 0.416 e. The number of rotatable bonds is 5. The summed E-state index contributed by atoms with van der Waals surface area (Å²) in [6, 6.07) is 1.94. The number of hydrogen-bond donors (Lipinski definition) is 2. The van der Waals surface area contributed by atoms with Gasteiger partial charge in [0.15, 0.2) is 0 Å². The van der Waals surface area contributed by atoms with E-state index in [1.54, 1.807) is 19.1 Å². The Morgan fingerprint density at radius 1 is 1.32 bits per heavy atom. The number of nitro benzene ring substituents is 1. The van der Waals surface area contributed by atoms with Crippen molar-refractivity contribution in [1.82, 2.24) is 5.43 Å². The zero-order chi connectivity index (χ0) is 16.8. The number of hydrazine groups is 1. The van der Waals surface area contributed by atoms with E-state index in [9.17, 15) is 28.1 Å². The topological polar surface area (TPSA) is 84.3 Å². The summed E-state index contributed by atoms with van der Waals surface area (Å²) in [5.74, 6) is -0.618. The summed E-state index contributed by atoms with van der Waals surface area (Å²) in [4.78, 5) is 21.2. The molecule has 1 aromatic carbocycles. The van der Waals surface area contributed by atoms with E-state index in [1.165, 1.54) is 6.08 Å². The second kappa shape index (κ2) is 7.25. The number of nitrogens with zero attached hydrogens (tertiary/aromatic N) is 1. The molecule has 9 heteroatoms. The van der Waals surface area contributed by atoms with E-state index < -0.39 is 28.3 Å². The zero-order valence-corrected chi connectivity index (χ0v) is 11.3. The summed E-state index contributed by atoms with van der Waals surface area (Å²) in [5, 5.41) is 10.8. The third kappa shape index (κ3) is 4.93. The molecule has 0 spiro atoms. The molecule has 0 aliphatic carbocycles. The molecule has 2 N–H and O–H groups in total. The van der Waals surface area contributed by atoms with Crippen LogP contribution in [-0.4, -0.2) is 10.8 Å². The van der Waals surface area contributed by atoms with Gasteiger partial charge in [-0.05, 0) is 19.1 Å². The highest BCUT2D eigenvalue weighted by molar-refractivity contribution is 5.89. The van der Waals surface area contributed by atoms with E-state index in [2.05, 4.69) is 10.9 Å². The van der Waals surface area contributed by atoms with Gasteiger partial charge in [-0.25, -0.2) is 0 Å². The van der Waals surface area contributed by atoms with Gasteiger partial charge in [-0.15, -0.1) is 0 Å². The fourth-order valence-corrected chi connectivity index (χ4v) is 1.39. The Bertz CT molecular complexity index is 625. The average Bonchev–Trinajstić information content (AvgIpc) is 2.44. The molecule has 0 saturated heterocycles. The van der Waals surface area contributed by atoms with Crippen LogP contribution in [0.4, 0.5) is 24.5 Å². The minimum atomic E-state index is -4.69. The van der Waals surface area contributed by atoms with Gasteiger partial charge in [0.2, 0.25) is 0 Å². The number of nitro groups is 1. The van der Waals surface area contributed by atoms with Crippen molar-refractivity contribution in [3.05, 3.63) is 58.2 Å². The van der Waals surface area contributed by atoms with E-state index in [0.717, 1.165) is 12.1 Å². The maximum absolute atomic E-state index is 12.5. The molecule has 0 heterocycles. The molecule has 1 aromatic rings. The lowest BCUT2D eigenvalue weighted by atomic mass is 10.1. The summed E-state index contributed by atoms with van der Waals surface area (Å²) < 4.78 is 37.6. The van der Waals surface area contributed by atoms with Crippen molar-refractivity contribution in [3.8, 4) is 0 Å². The molecule has 118 valence electrons. The SMILES string of the molecule is C/C=C/C=C/C(=O)NNc1ccc(C(F)(F)F)cc1[N+](=O)[O-]. The fourth-order valence-electron chi connectivity index (χ4n) is 1.39. The van der Waals surface area contributed by atoms with E-state index in [0.29, 0.717) is 12.1 Å². The summed E-state index contributed by atoms with van der Waals surface area (Å²) in [6.45, 7) is 1.74. The molecule has 0 unspecified atom stereocenters. The summed E-state index contributed by atoms with van der Waals surface area (Å²) in [5.41, 5.74) is 2.13. The van der Waals surface area contributed by atoms with Crippen LogP contribution >= 0.6 is 0 Å². The molecule has 0 atom stereocenters. The lowest BCUT2D eigenvalue weighted by molar-refractivity contribution is -0.384. The van der Waals surface area contributed by atoms with Crippen molar-refractivity contribution in [2.45, 2.75) is 13.1 Å². The predicted octanol–water partition coefficient (Wildman–Crippen LogP) is 3.19. The Morgan fingerprint density at radius 2 is 2.00 bits per heavy atom. The highest BCUT2D eigenvalue weighted by Gasteiger charge is 2.33. The number of nitrogens with one attached hydrogen (secondary N) is 2. The normalized spacial score (nSPS) is 11.8. The van der Waals surface area contributed by atoms with Crippen LogP contribution in [-0.2, 0) is 11.0 Å². The van der Waals surface area contributed by atoms with Crippen LogP contribution in [0, 0.1) is 10.1 Å². The Kier molecular flexibility index (Phi) is 5.67. The first-order chi connectivity index (χ1) is 10.3. The van der Waals surface area contributed by atoms with Crippen LogP contribution in [0.5, 0.6) is 0 Å². The largest absolute Gasteiger partial charge is 0.416 e. The maximum atomic E-state index is 12.5. The zero-order valence-electron chi connectivity index (χ0n) is 11.3. The summed E-state index contributed by atoms with van der Waals surface area (Å²) >= 11 is 0. The number of halogens is 3. The molecule has 0 bridgehead atoms. The standard InChI is InChI=1S/C13H12F3N3O3/c1-2-3-4-5-12(20)18-17-10-7-6-9(13(14,15)16)8-11(10)19(21)22/h2-8,17H,1H3,(H,18,20)/b3-2+,5-4+. The highest BCUT2D eigenvalue weighted by Crippen LogP contribution is 2.34. The Morgan fingerprint density at radius 3 is 2.55 bits per heavy atom. The number of carbonyl (C=O) groups is 1. The van der Waals surface area contributed by atoms with E-state index >= 15 is 0 Å². The van der Waals surface area contributed by atoms with Crippen LogP contribution < -0.4 is 10.9 Å². The fraction of sp³-hybridized carbons (Fsp3) is 0.154. The predicted molar refractivity (Wildman–Crippen MR) is 73.8 cm³/mol. The first kappa shape index (κ1) is 17.2. The van der Waals surface area contributed by atoms with Gasteiger partial charge in [0.25, 0.3) is 11.6 Å². The van der Waals surface area contributed by atoms with Crippen LogP contribution in [0.1, 0.15) is 12.5 Å². The molecule has 22 heavy (non-hydrogen) atoms. The number of hydrogen-bond acceptors (Lipinski definition) is 4. The number of anilines is 1. The highest BCUT2D eigenvalue weighted by atomic mass is 19.4. The van der Waals surface area contributed by atoms with Gasteiger partial charge < -0.3 is 0 Å². The summed E-state index contributed by atoms with van der Waals surface area (Å²) in [7, 11) is 0. The van der Waals surface area contributed by atoms with Crippen molar-refractivity contribution in [2.75, 3.05) is 5.43 Å². The first-order valence-corrected chi connectivity index (χ1v) is 5.96. The molecule has 0 aliphatic heterocycles. The number of alkyl halides is 3. The quantitative estimate of drug-likeness (QED) is 0.378. The van der Waals surface area contributed by atoms with E-state index in [-0.39, 0.29) is 5.69 Å². The van der Waals surface area contributed by atoms with Crippen molar-refractivity contribution >= 4 is 17.3 Å². The van der Waals surface area contributed by atoms with Gasteiger partial charge in [-0.2, -0.15) is 13.2 Å². The Balaban J connectivity index is 2.91. The van der Waals surface area contributed by atoms with Crippen LogP contribution in [0.3, 0.4) is 0 Å². The van der Waals surface area contributed by atoms with Crippen molar-refractivity contribution in [1.29, 1.82) is 0 Å². The molecule has 1 rings (SSSR count). The molecule has 6 nitrogen and oxygen atoms in total. The van der Waals surface area contributed by atoms with Gasteiger partial charge in [-0.1, -0.05) is 18.2 Å². The van der Waals surface area contributed by atoms with Gasteiger partial charge in [-0.3, -0.25) is 25.8 Å². The minimum absolute atomic E-state index is 0.259. The van der Waals surface area contributed by atoms with Gasteiger partial charge in [0.05, 0.1) is 10.5 Å².